The highest BCUT2D eigenvalue weighted by Crippen LogP contribution is 1.95. The molecule has 1 N–H and O–H groups in total. The van der Waals surface area contributed by atoms with E-state index in [1.54, 1.807) is 6.20 Å². The molecule has 0 aliphatic heterocycles. The molecule has 0 aliphatic carbocycles. The fraction of sp³-hybridized carbons (Fsp3) is 0.625. The first kappa shape index (κ1) is 9.22. The molecule has 0 spiro atoms. The predicted octanol–water partition coefficient (Wildman–Crippen LogP) is 0.944. The van der Waals surface area contributed by atoms with Gasteiger partial charge in [0.15, 0.2) is 0 Å². The number of aryl methyl sites for hydroxylation is 1. The third kappa shape index (κ3) is 2.32. The zero-order valence-electron chi connectivity index (χ0n) is 7.58. The molecule has 0 aromatic carbocycles. The first-order valence-corrected chi connectivity index (χ1v) is 4.23. The number of hydrogen-bond donors (Lipinski definition) is 1. The molecule has 1 heterocycles. The van der Waals surface area contributed by atoms with Gasteiger partial charge < -0.3 is 9.40 Å². The smallest absolute Gasteiger partial charge is 0.125 e. The summed E-state index contributed by atoms with van der Waals surface area (Å²) in [7, 11) is 0. The third-order valence-corrected chi connectivity index (χ3v) is 1.62. The van der Waals surface area contributed by atoms with Gasteiger partial charge in [-0.2, -0.15) is 5.48 Å². The molecule has 0 unspecified atom stereocenters. The van der Waals surface area contributed by atoms with Gasteiger partial charge in [0.1, 0.15) is 5.82 Å². The zero-order valence-corrected chi connectivity index (χ0v) is 7.58. The minimum atomic E-state index is 0.661. The van der Waals surface area contributed by atoms with Crippen molar-refractivity contribution < 1.29 is 4.84 Å². The summed E-state index contributed by atoms with van der Waals surface area (Å²) >= 11 is 0. The van der Waals surface area contributed by atoms with E-state index in [0.717, 1.165) is 12.4 Å². The molecule has 0 amide bonds. The predicted molar refractivity (Wildman–Crippen MR) is 46.4 cm³/mol. The van der Waals surface area contributed by atoms with Crippen molar-refractivity contribution in [2.75, 3.05) is 6.61 Å². The van der Waals surface area contributed by atoms with Crippen molar-refractivity contribution >= 4 is 0 Å². The van der Waals surface area contributed by atoms with Crippen molar-refractivity contribution in [2.45, 2.75) is 26.9 Å². The summed E-state index contributed by atoms with van der Waals surface area (Å²) in [6.07, 6.45) is 3.76. The Labute approximate surface area is 72.5 Å². The molecule has 4 nitrogen and oxygen atoms in total. The molecule has 0 bridgehead atoms. The maximum Gasteiger partial charge on any atom is 0.125 e. The normalized spacial score (nSPS) is 10.5. The highest BCUT2D eigenvalue weighted by atomic mass is 16.6. The van der Waals surface area contributed by atoms with Crippen molar-refractivity contribution in [1.29, 1.82) is 0 Å². The summed E-state index contributed by atoms with van der Waals surface area (Å²) in [4.78, 5) is 9.18. The van der Waals surface area contributed by atoms with Crippen LogP contribution in [0.15, 0.2) is 12.4 Å². The molecule has 1 aromatic heterocycles. The maximum atomic E-state index is 5.00. The zero-order chi connectivity index (χ0) is 8.81. The highest BCUT2D eigenvalue weighted by molar-refractivity contribution is 4.90. The summed E-state index contributed by atoms with van der Waals surface area (Å²) < 4.78 is 2.08. The van der Waals surface area contributed by atoms with Crippen molar-refractivity contribution in [2.24, 2.45) is 0 Å². The Morgan fingerprint density at radius 3 is 3.08 bits per heavy atom. The lowest BCUT2D eigenvalue weighted by molar-refractivity contribution is 0.0442. The highest BCUT2D eigenvalue weighted by Gasteiger charge is 1.98. The molecule has 68 valence electrons. The van der Waals surface area contributed by atoms with E-state index in [9.17, 15) is 0 Å². The van der Waals surface area contributed by atoms with Gasteiger partial charge in [-0.25, -0.2) is 4.98 Å². The number of nitrogens with zero attached hydrogens (tertiary/aromatic N) is 2. The van der Waals surface area contributed by atoms with Crippen LogP contribution in [0.25, 0.3) is 0 Å². The summed E-state index contributed by atoms with van der Waals surface area (Å²) in [6.45, 7) is 6.32. The van der Waals surface area contributed by atoms with Crippen LogP contribution in [0.1, 0.15) is 19.7 Å². The van der Waals surface area contributed by atoms with Crippen molar-refractivity contribution in [3.63, 3.8) is 0 Å². The van der Waals surface area contributed by atoms with E-state index in [-0.39, 0.29) is 0 Å². The van der Waals surface area contributed by atoms with E-state index >= 15 is 0 Å². The van der Waals surface area contributed by atoms with Crippen LogP contribution in [0.5, 0.6) is 0 Å². The van der Waals surface area contributed by atoms with Crippen LogP contribution in [-0.2, 0) is 17.9 Å². The molecule has 0 saturated carbocycles. The van der Waals surface area contributed by atoms with Crippen LogP contribution in [0, 0.1) is 0 Å². The van der Waals surface area contributed by atoms with Gasteiger partial charge in [-0.3, -0.25) is 0 Å². The van der Waals surface area contributed by atoms with Gasteiger partial charge in [-0.05, 0) is 13.8 Å². The Balaban J connectivity index is 2.39. The molecule has 0 radical (unpaired) electrons. The van der Waals surface area contributed by atoms with Crippen LogP contribution in [0.2, 0.25) is 0 Å². The van der Waals surface area contributed by atoms with E-state index in [0.29, 0.717) is 13.2 Å². The van der Waals surface area contributed by atoms with Gasteiger partial charge in [0.2, 0.25) is 0 Å². The monoisotopic (exact) mass is 169 g/mol. The number of hydroxylamine groups is 1. The number of imidazole rings is 1. The molecule has 4 heteroatoms. The molecule has 1 aromatic rings. The van der Waals surface area contributed by atoms with E-state index in [1.165, 1.54) is 0 Å². The van der Waals surface area contributed by atoms with Gasteiger partial charge in [0.25, 0.3) is 0 Å². The average Bonchev–Trinajstić information content (AvgIpc) is 2.52. The molecular formula is C8H15N3O. The second kappa shape index (κ2) is 4.90. The van der Waals surface area contributed by atoms with E-state index in [4.69, 9.17) is 4.84 Å². The Morgan fingerprint density at radius 1 is 1.58 bits per heavy atom. The van der Waals surface area contributed by atoms with Crippen LogP contribution in [0.3, 0.4) is 0 Å². The summed E-state index contributed by atoms with van der Waals surface area (Å²) in [5, 5.41) is 0. The first-order valence-electron chi connectivity index (χ1n) is 4.23. The molecule has 0 fully saturated rings. The maximum absolute atomic E-state index is 5.00. The minimum absolute atomic E-state index is 0.661. The first-order chi connectivity index (χ1) is 5.88. The fourth-order valence-electron chi connectivity index (χ4n) is 1.01. The average molecular weight is 169 g/mol. The SMILES string of the molecule is CCONCc1nccn1CC. The quantitative estimate of drug-likeness (QED) is 0.526. The molecule has 12 heavy (non-hydrogen) atoms. The molecule has 0 aliphatic rings. The summed E-state index contributed by atoms with van der Waals surface area (Å²) in [5.41, 5.74) is 2.83. The van der Waals surface area contributed by atoms with Gasteiger partial charge in [-0.15, -0.1) is 0 Å². The molecule has 1 rings (SSSR count). The molecule has 0 saturated heterocycles. The molecule has 0 atom stereocenters. The van der Waals surface area contributed by atoms with Gasteiger partial charge in [0, 0.05) is 18.9 Å². The number of rotatable bonds is 5. The third-order valence-electron chi connectivity index (χ3n) is 1.62. The minimum Gasteiger partial charge on any atom is -0.334 e. The van der Waals surface area contributed by atoms with Crippen LogP contribution < -0.4 is 5.48 Å². The van der Waals surface area contributed by atoms with Crippen LogP contribution >= 0.6 is 0 Å². The Bertz CT molecular complexity index is 222. The van der Waals surface area contributed by atoms with E-state index in [2.05, 4.69) is 22.0 Å². The largest absolute Gasteiger partial charge is 0.334 e. The topological polar surface area (TPSA) is 39.1 Å². The lowest BCUT2D eigenvalue weighted by Gasteiger charge is -2.05. The lowest BCUT2D eigenvalue weighted by Crippen LogP contribution is -2.17. The number of hydrogen-bond acceptors (Lipinski definition) is 3. The van der Waals surface area contributed by atoms with Crippen molar-refractivity contribution in [3.05, 3.63) is 18.2 Å². The van der Waals surface area contributed by atoms with E-state index in [1.807, 2.05) is 13.1 Å². The number of aromatic nitrogens is 2. The fourth-order valence-corrected chi connectivity index (χ4v) is 1.01. The van der Waals surface area contributed by atoms with Gasteiger partial charge >= 0.3 is 0 Å². The van der Waals surface area contributed by atoms with Gasteiger partial charge in [0.05, 0.1) is 13.2 Å². The Hall–Kier alpha value is -0.870. The van der Waals surface area contributed by atoms with Gasteiger partial charge in [-0.1, -0.05) is 0 Å². The standard InChI is InChI=1S/C8H15N3O/c1-3-11-6-5-9-8(11)7-10-12-4-2/h5-6,10H,3-4,7H2,1-2H3. The number of nitrogens with one attached hydrogen (secondary N) is 1. The van der Waals surface area contributed by atoms with Crippen LogP contribution in [0.4, 0.5) is 0 Å². The van der Waals surface area contributed by atoms with Crippen molar-refractivity contribution in [1.82, 2.24) is 15.0 Å². The van der Waals surface area contributed by atoms with Crippen LogP contribution in [-0.4, -0.2) is 16.2 Å². The Morgan fingerprint density at radius 2 is 2.42 bits per heavy atom. The van der Waals surface area contributed by atoms with E-state index < -0.39 is 0 Å². The summed E-state index contributed by atoms with van der Waals surface area (Å²) in [6, 6.07) is 0. The molecular weight excluding hydrogens is 154 g/mol. The second-order valence-corrected chi connectivity index (χ2v) is 2.38. The van der Waals surface area contributed by atoms with Crippen molar-refractivity contribution in [3.8, 4) is 0 Å². The second-order valence-electron chi connectivity index (χ2n) is 2.38. The summed E-state index contributed by atoms with van der Waals surface area (Å²) in [5.74, 6) is 1.01. The Kier molecular flexibility index (Phi) is 3.76. The lowest BCUT2D eigenvalue weighted by atomic mass is 10.6.